The van der Waals surface area contributed by atoms with E-state index in [1.54, 1.807) is 36.8 Å². The van der Waals surface area contributed by atoms with E-state index in [4.69, 9.17) is 37.7 Å². The number of allylic oxidation sites excluding steroid dienone is 1. The van der Waals surface area contributed by atoms with Crippen LogP contribution in [0.2, 0.25) is 10.0 Å². The van der Waals surface area contributed by atoms with E-state index < -0.39 is 6.04 Å². The molecule has 6 rings (SSSR count). The van der Waals surface area contributed by atoms with Gasteiger partial charge >= 0.3 is 0 Å². The van der Waals surface area contributed by atoms with Crippen LogP contribution in [-0.4, -0.2) is 17.6 Å². The van der Waals surface area contributed by atoms with Crippen LogP contribution in [0.25, 0.3) is 6.08 Å². The highest BCUT2D eigenvalue weighted by molar-refractivity contribution is 9.11. The fourth-order valence-corrected chi connectivity index (χ4v) is 8.16. The zero-order chi connectivity index (χ0) is 33.2. The minimum Gasteiger partial charge on any atom is -0.497 e. The van der Waals surface area contributed by atoms with Gasteiger partial charge in [-0.1, -0.05) is 70.9 Å². The number of nitrogens with zero attached hydrogens (tertiary/aromatic N) is 2. The number of para-hydroxylation sites is 1. The van der Waals surface area contributed by atoms with Crippen molar-refractivity contribution in [3.63, 3.8) is 0 Å². The molecule has 238 valence electrons. The van der Waals surface area contributed by atoms with E-state index in [-0.39, 0.29) is 18.1 Å². The predicted octanol–water partition coefficient (Wildman–Crippen LogP) is 8.29. The van der Waals surface area contributed by atoms with Gasteiger partial charge < -0.3 is 14.8 Å². The van der Waals surface area contributed by atoms with Gasteiger partial charge in [-0.05, 0) is 105 Å². The standard InChI is InChI=1S/C35H25Br2Cl2N3O4S/c1-19-30(33(43)41-24-8-4-3-5-9-24)31(21-7-6-10-25(16-21)45-2)42-34(44)29(47-35(42)40-19)15-20-13-26(36)32(27(37)14-20)46-18-22-11-12-23(38)17-28(22)39/h3-17,31H,18H2,1-2H3,(H,41,43)/b29-15-/t31-/m0/s1. The lowest BCUT2D eigenvalue weighted by Gasteiger charge is -2.25. The third kappa shape index (κ3) is 7.12. The first-order valence-corrected chi connectivity index (χ1v) is 17.4. The quantitative estimate of drug-likeness (QED) is 0.171. The number of halogens is 4. The highest BCUT2D eigenvalue weighted by atomic mass is 79.9. The Balaban J connectivity index is 1.39. The lowest BCUT2D eigenvalue weighted by molar-refractivity contribution is -0.113. The van der Waals surface area contributed by atoms with Gasteiger partial charge in [0.2, 0.25) is 0 Å². The molecule has 0 aliphatic carbocycles. The number of fused-ring (bicyclic) bond motifs is 1. The largest absolute Gasteiger partial charge is 0.497 e. The molecule has 1 N–H and O–H groups in total. The van der Waals surface area contributed by atoms with E-state index in [1.807, 2.05) is 72.8 Å². The van der Waals surface area contributed by atoms with E-state index >= 15 is 0 Å². The number of aromatic nitrogens is 1. The molecule has 7 nitrogen and oxygen atoms in total. The van der Waals surface area contributed by atoms with Gasteiger partial charge in [-0.2, -0.15) is 0 Å². The SMILES string of the molecule is COc1cccc([C@H]2C(C(=O)Nc3ccccc3)=C(C)N=c3s/c(=C\c4cc(Br)c(OCc5ccc(Cl)cc5Cl)c(Br)c4)c(=O)n32)c1. The summed E-state index contributed by atoms with van der Waals surface area (Å²) in [5, 5.41) is 4.03. The van der Waals surface area contributed by atoms with Gasteiger partial charge in [0.15, 0.2) is 4.80 Å². The highest BCUT2D eigenvalue weighted by Gasteiger charge is 2.33. The van der Waals surface area contributed by atoms with Gasteiger partial charge in [-0.3, -0.25) is 14.2 Å². The number of anilines is 1. The molecule has 2 heterocycles. The van der Waals surface area contributed by atoms with Crippen LogP contribution < -0.4 is 29.7 Å². The molecule has 1 amide bonds. The number of carbonyl (C=O) groups is 1. The Bertz CT molecular complexity index is 2210. The molecule has 0 saturated heterocycles. The molecule has 0 radical (unpaired) electrons. The third-order valence-electron chi connectivity index (χ3n) is 7.41. The van der Waals surface area contributed by atoms with Crippen LogP contribution in [0.4, 0.5) is 5.69 Å². The van der Waals surface area contributed by atoms with Crippen molar-refractivity contribution >= 4 is 84.1 Å². The van der Waals surface area contributed by atoms with Gasteiger partial charge in [0.25, 0.3) is 11.5 Å². The Kier molecular flexibility index (Phi) is 10.1. The van der Waals surface area contributed by atoms with Crippen molar-refractivity contribution in [2.24, 2.45) is 4.99 Å². The predicted molar refractivity (Wildman–Crippen MR) is 194 cm³/mol. The number of amides is 1. The van der Waals surface area contributed by atoms with Gasteiger partial charge in [-0.15, -0.1) is 0 Å². The Morgan fingerprint density at radius 1 is 1.02 bits per heavy atom. The van der Waals surface area contributed by atoms with E-state index in [0.29, 0.717) is 56.8 Å². The van der Waals surface area contributed by atoms with Gasteiger partial charge in [0, 0.05) is 21.3 Å². The Morgan fingerprint density at radius 3 is 2.47 bits per heavy atom. The summed E-state index contributed by atoms with van der Waals surface area (Å²) < 4.78 is 15.0. The van der Waals surface area contributed by atoms with Crippen LogP contribution in [0.15, 0.2) is 115 Å². The summed E-state index contributed by atoms with van der Waals surface area (Å²) >= 11 is 20.8. The Hall–Kier alpha value is -3.67. The van der Waals surface area contributed by atoms with Crippen LogP contribution in [0.3, 0.4) is 0 Å². The number of thiazole rings is 1. The van der Waals surface area contributed by atoms with Gasteiger partial charge in [-0.25, -0.2) is 4.99 Å². The van der Waals surface area contributed by atoms with Crippen LogP contribution in [0.1, 0.15) is 29.7 Å². The molecule has 1 atom stereocenters. The summed E-state index contributed by atoms with van der Waals surface area (Å²) in [6.45, 7) is 2.02. The average Bonchev–Trinajstić information content (AvgIpc) is 3.34. The number of carbonyl (C=O) groups excluding carboxylic acids is 1. The summed E-state index contributed by atoms with van der Waals surface area (Å²) in [5.41, 5.74) is 3.51. The monoisotopic (exact) mass is 811 g/mol. The number of nitrogens with one attached hydrogen (secondary N) is 1. The minimum absolute atomic E-state index is 0.231. The third-order valence-corrected chi connectivity index (χ3v) is 10.2. The summed E-state index contributed by atoms with van der Waals surface area (Å²) in [6, 6.07) is 24.8. The molecule has 0 fully saturated rings. The first-order valence-electron chi connectivity index (χ1n) is 14.2. The van der Waals surface area contributed by atoms with Crippen molar-refractivity contribution < 1.29 is 14.3 Å². The molecule has 47 heavy (non-hydrogen) atoms. The van der Waals surface area contributed by atoms with E-state index in [2.05, 4.69) is 37.2 Å². The number of benzene rings is 4. The van der Waals surface area contributed by atoms with Crippen LogP contribution in [-0.2, 0) is 11.4 Å². The fraction of sp³-hybridized carbons (Fsp3) is 0.114. The summed E-state index contributed by atoms with van der Waals surface area (Å²) in [5.74, 6) is 0.845. The van der Waals surface area contributed by atoms with E-state index in [0.717, 1.165) is 16.7 Å². The van der Waals surface area contributed by atoms with Crippen LogP contribution in [0, 0.1) is 0 Å². The lowest BCUT2D eigenvalue weighted by atomic mass is 9.95. The van der Waals surface area contributed by atoms with E-state index in [1.165, 1.54) is 11.3 Å². The summed E-state index contributed by atoms with van der Waals surface area (Å²) in [6.07, 6.45) is 1.80. The van der Waals surface area contributed by atoms with Crippen molar-refractivity contribution in [2.75, 3.05) is 12.4 Å². The Labute approximate surface area is 301 Å². The molecule has 0 unspecified atom stereocenters. The molecule has 12 heteroatoms. The zero-order valence-electron chi connectivity index (χ0n) is 24.9. The topological polar surface area (TPSA) is 81.9 Å². The normalized spacial score (nSPS) is 14.4. The molecule has 5 aromatic rings. The maximum Gasteiger partial charge on any atom is 0.271 e. The molecule has 1 aliphatic heterocycles. The van der Waals surface area contributed by atoms with Crippen LogP contribution >= 0.6 is 66.4 Å². The van der Waals surface area contributed by atoms with Crippen molar-refractivity contribution in [1.82, 2.24) is 4.57 Å². The van der Waals surface area contributed by atoms with Crippen LogP contribution in [0.5, 0.6) is 11.5 Å². The molecule has 0 saturated carbocycles. The molecular formula is C35H25Br2Cl2N3O4S. The minimum atomic E-state index is -0.735. The highest BCUT2D eigenvalue weighted by Crippen LogP contribution is 2.36. The molecule has 1 aliphatic rings. The van der Waals surface area contributed by atoms with Crippen molar-refractivity contribution in [3.8, 4) is 11.5 Å². The number of methoxy groups -OCH3 is 1. The smallest absolute Gasteiger partial charge is 0.271 e. The second-order valence-electron chi connectivity index (χ2n) is 10.5. The number of hydrogen-bond acceptors (Lipinski definition) is 6. The van der Waals surface area contributed by atoms with Gasteiger partial charge in [0.1, 0.15) is 18.1 Å². The van der Waals surface area contributed by atoms with Crippen molar-refractivity contribution in [2.45, 2.75) is 19.6 Å². The summed E-state index contributed by atoms with van der Waals surface area (Å²) in [7, 11) is 1.58. The zero-order valence-corrected chi connectivity index (χ0v) is 30.4. The fourth-order valence-electron chi connectivity index (χ4n) is 5.20. The molecule has 4 aromatic carbocycles. The van der Waals surface area contributed by atoms with Crippen molar-refractivity contribution in [1.29, 1.82) is 0 Å². The first-order chi connectivity index (χ1) is 22.6. The molecule has 1 aromatic heterocycles. The second-order valence-corrected chi connectivity index (χ2v) is 14.1. The second kappa shape index (κ2) is 14.2. The average molecular weight is 814 g/mol. The molecule has 0 bridgehead atoms. The van der Waals surface area contributed by atoms with E-state index in [9.17, 15) is 9.59 Å². The number of hydrogen-bond donors (Lipinski definition) is 1. The molecule has 0 spiro atoms. The van der Waals surface area contributed by atoms with Crippen molar-refractivity contribution in [3.05, 3.63) is 152 Å². The Morgan fingerprint density at radius 2 is 1.77 bits per heavy atom. The maximum atomic E-state index is 14.2. The number of rotatable bonds is 8. The summed E-state index contributed by atoms with van der Waals surface area (Å²) in [4.78, 5) is 33.2. The number of ether oxygens (including phenoxy) is 2. The first kappa shape index (κ1) is 33.2. The lowest BCUT2D eigenvalue weighted by Crippen LogP contribution is -2.40. The van der Waals surface area contributed by atoms with Gasteiger partial charge in [0.05, 0.1) is 37.9 Å². The molecular weight excluding hydrogens is 789 g/mol. The maximum absolute atomic E-state index is 14.2.